The lowest BCUT2D eigenvalue weighted by molar-refractivity contribution is 0.398. The van der Waals surface area contributed by atoms with Gasteiger partial charge in [0.2, 0.25) is 0 Å². The van der Waals surface area contributed by atoms with Crippen molar-refractivity contribution in [3.63, 3.8) is 0 Å². The molecule has 1 aromatic rings. The molecule has 0 saturated carbocycles. The third-order valence-electron chi connectivity index (χ3n) is 3.06. The summed E-state index contributed by atoms with van der Waals surface area (Å²) >= 11 is 6.13. The molecule has 0 amide bonds. The van der Waals surface area contributed by atoms with E-state index in [0.29, 0.717) is 12.0 Å². The fourth-order valence-corrected chi connectivity index (χ4v) is 2.25. The lowest BCUT2D eigenvalue weighted by Gasteiger charge is -2.20. The molecule has 1 heterocycles. The zero-order valence-electron chi connectivity index (χ0n) is 10.6. The molecule has 0 saturated heterocycles. The molecule has 0 aliphatic carbocycles. The topological polar surface area (TPSA) is 29.9 Å². The number of nitrogens with one attached hydrogen (secondary N) is 1. The number of halogens is 1. The molecule has 3 nitrogen and oxygen atoms in total. The highest BCUT2D eigenvalue weighted by molar-refractivity contribution is 6.31. The summed E-state index contributed by atoms with van der Waals surface area (Å²) in [5.41, 5.74) is 1.16. The van der Waals surface area contributed by atoms with E-state index in [0.717, 1.165) is 30.1 Å². The molecule has 0 spiro atoms. The number of hydrogen-bond acceptors (Lipinski definition) is 2. The molecule has 1 N–H and O–H groups in total. The van der Waals surface area contributed by atoms with Crippen LogP contribution in [-0.4, -0.2) is 22.9 Å². The van der Waals surface area contributed by atoms with Crippen LogP contribution in [0.3, 0.4) is 0 Å². The molecule has 0 radical (unpaired) electrons. The van der Waals surface area contributed by atoms with Gasteiger partial charge in [0.25, 0.3) is 0 Å². The summed E-state index contributed by atoms with van der Waals surface area (Å²) in [6, 6.07) is 0.538. The maximum absolute atomic E-state index is 6.13. The average Bonchev–Trinajstić information content (AvgIpc) is 2.60. The molecule has 0 bridgehead atoms. The second-order valence-electron chi connectivity index (χ2n) is 4.43. The van der Waals surface area contributed by atoms with Gasteiger partial charge >= 0.3 is 0 Å². The molecule has 4 heteroatoms. The Morgan fingerprint density at radius 1 is 1.50 bits per heavy atom. The summed E-state index contributed by atoms with van der Waals surface area (Å²) < 4.78 is 1.98. The first-order valence-corrected chi connectivity index (χ1v) is 6.35. The van der Waals surface area contributed by atoms with Gasteiger partial charge in [-0.1, -0.05) is 25.4 Å². The van der Waals surface area contributed by atoms with Crippen LogP contribution < -0.4 is 5.32 Å². The van der Waals surface area contributed by atoms with Crippen LogP contribution in [0, 0.1) is 5.92 Å². The van der Waals surface area contributed by atoms with Gasteiger partial charge in [-0.2, -0.15) is 5.10 Å². The Bertz CT molecular complexity index is 320. The van der Waals surface area contributed by atoms with E-state index in [9.17, 15) is 0 Å². The molecule has 0 aromatic carbocycles. The van der Waals surface area contributed by atoms with Crippen molar-refractivity contribution in [3.8, 4) is 0 Å². The fraction of sp³-hybridized carbons (Fsp3) is 0.750. The lowest BCUT2D eigenvalue weighted by Crippen LogP contribution is -2.31. The predicted molar refractivity (Wildman–Crippen MR) is 68.9 cm³/mol. The summed E-state index contributed by atoms with van der Waals surface area (Å²) in [7, 11) is 2.02. The Labute approximate surface area is 103 Å². The zero-order chi connectivity index (χ0) is 12.1. The molecule has 0 fully saturated rings. The highest BCUT2D eigenvalue weighted by Crippen LogP contribution is 2.18. The Hall–Kier alpha value is -0.540. The summed E-state index contributed by atoms with van der Waals surface area (Å²) in [5, 5.41) is 8.39. The first kappa shape index (κ1) is 13.5. The van der Waals surface area contributed by atoms with Gasteiger partial charge in [-0.15, -0.1) is 0 Å². The first-order chi connectivity index (χ1) is 7.60. The molecule has 1 rings (SSSR count). The summed E-state index contributed by atoms with van der Waals surface area (Å²) in [4.78, 5) is 0. The van der Waals surface area contributed by atoms with E-state index in [-0.39, 0.29) is 0 Å². The summed E-state index contributed by atoms with van der Waals surface area (Å²) in [6.45, 7) is 7.44. The minimum absolute atomic E-state index is 0.538. The second kappa shape index (κ2) is 6.26. The minimum atomic E-state index is 0.538. The molecule has 0 aliphatic rings. The first-order valence-electron chi connectivity index (χ1n) is 5.97. The molecular formula is C12H22ClN3. The number of aryl methyl sites for hydroxylation is 1. The van der Waals surface area contributed by atoms with Gasteiger partial charge in [0.05, 0.1) is 16.9 Å². The Kier molecular flexibility index (Phi) is 5.29. The predicted octanol–water partition coefficient (Wildman–Crippen LogP) is 2.73. The van der Waals surface area contributed by atoms with Crippen LogP contribution in [0.15, 0.2) is 6.20 Å². The number of aromatic nitrogens is 2. The third-order valence-corrected chi connectivity index (χ3v) is 3.38. The van der Waals surface area contributed by atoms with Crippen LogP contribution in [0.25, 0.3) is 0 Å². The van der Waals surface area contributed by atoms with Crippen molar-refractivity contribution in [1.82, 2.24) is 15.1 Å². The Morgan fingerprint density at radius 3 is 2.69 bits per heavy atom. The summed E-state index contributed by atoms with van der Waals surface area (Å²) in [6.07, 6.45) is 3.82. The van der Waals surface area contributed by atoms with Gasteiger partial charge in [0.1, 0.15) is 0 Å². The van der Waals surface area contributed by atoms with Gasteiger partial charge in [-0.25, -0.2) is 0 Å². The minimum Gasteiger partial charge on any atom is -0.317 e. The van der Waals surface area contributed by atoms with Crippen LogP contribution in [0.5, 0.6) is 0 Å². The molecule has 1 unspecified atom stereocenters. The zero-order valence-corrected chi connectivity index (χ0v) is 11.4. The van der Waals surface area contributed by atoms with E-state index in [1.165, 1.54) is 0 Å². The Balaban J connectivity index is 2.62. The largest absolute Gasteiger partial charge is 0.317 e. The van der Waals surface area contributed by atoms with E-state index in [1.54, 1.807) is 6.20 Å². The van der Waals surface area contributed by atoms with Gasteiger partial charge in [0, 0.05) is 12.6 Å². The molecule has 16 heavy (non-hydrogen) atoms. The van der Waals surface area contributed by atoms with Crippen LogP contribution in [0.1, 0.15) is 32.9 Å². The average molecular weight is 244 g/mol. The smallest absolute Gasteiger partial charge is 0.0817 e. The molecule has 0 aliphatic heterocycles. The van der Waals surface area contributed by atoms with Crippen LogP contribution >= 0.6 is 11.6 Å². The van der Waals surface area contributed by atoms with Crippen molar-refractivity contribution in [1.29, 1.82) is 0 Å². The van der Waals surface area contributed by atoms with Crippen molar-refractivity contribution >= 4 is 11.6 Å². The van der Waals surface area contributed by atoms with Crippen LogP contribution in [0.2, 0.25) is 5.02 Å². The molecule has 1 atom stereocenters. The number of hydrogen-bond donors (Lipinski definition) is 1. The fourth-order valence-electron chi connectivity index (χ4n) is 2.01. The van der Waals surface area contributed by atoms with E-state index in [4.69, 9.17) is 11.6 Å². The van der Waals surface area contributed by atoms with Crippen molar-refractivity contribution in [2.75, 3.05) is 7.05 Å². The van der Waals surface area contributed by atoms with E-state index < -0.39 is 0 Å². The normalized spacial score (nSPS) is 13.4. The van der Waals surface area contributed by atoms with Crippen molar-refractivity contribution in [2.45, 2.75) is 46.2 Å². The third kappa shape index (κ3) is 3.22. The van der Waals surface area contributed by atoms with E-state index in [2.05, 4.69) is 31.2 Å². The monoisotopic (exact) mass is 243 g/mol. The SMILES string of the molecule is CCn1ncc(Cl)c1CCC(NC)C(C)C. The van der Waals surface area contributed by atoms with Crippen LogP contribution in [0.4, 0.5) is 0 Å². The van der Waals surface area contributed by atoms with Crippen molar-refractivity contribution in [2.24, 2.45) is 5.92 Å². The second-order valence-corrected chi connectivity index (χ2v) is 4.84. The molecule has 92 valence electrons. The van der Waals surface area contributed by atoms with E-state index in [1.807, 2.05) is 11.7 Å². The van der Waals surface area contributed by atoms with Crippen LogP contribution in [-0.2, 0) is 13.0 Å². The van der Waals surface area contributed by atoms with E-state index >= 15 is 0 Å². The van der Waals surface area contributed by atoms with Gasteiger partial charge in [-0.3, -0.25) is 4.68 Å². The van der Waals surface area contributed by atoms with Gasteiger partial charge in [0.15, 0.2) is 0 Å². The lowest BCUT2D eigenvalue weighted by atomic mass is 9.98. The number of nitrogens with zero attached hydrogens (tertiary/aromatic N) is 2. The maximum Gasteiger partial charge on any atom is 0.0817 e. The Morgan fingerprint density at radius 2 is 2.19 bits per heavy atom. The highest BCUT2D eigenvalue weighted by atomic mass is 35.5. The van der Waals surface area contributed by atoms with Crippen molar-refractivity contribution < 1.29 is 0 Å². The molecular weight excluding hydrogens is 222 g/mol. The van der Waals surface area contributed by atoms with Gasteiger partial charge in [-0.05, 0) is 32.7 Å². The quantitative estimate of drug-likeness (QED) is 0.833. The molecule has 1 aromatic heterocycles. The standard InChI is InChI=1S/C12H22ClN3/c1-5-16-12(10(13)8-15-16)7-6-11(14-4)9(2)3/h8-9,11,14H,5-7H2,1-4H3. The van der Waals surface area contributed by atoms with Crippen molar-refractivity contribution in [3.05, 3.63) is 16.9 Å². The summed E-state index contributed by atoms with van der Waals surface area (Å²) in [5.74, 6) is 0.641. The number of rotatable bonds is 6. The van der Waals surface area contributed by atoms with Gasteiger partial charge < -0.3 is 5.32 Å². The highest BCUT2D eigenvalue weighted by Gasteiger charge is 2.14. The maximum atomic E-state index is 6.13.